The molecular formula is C16H27NO2. The van der Waals surface area contributed by atoms with E-state index >= 15 is 0 Å². The third-order valence-corrected chi connectivity index (χ3v) is 7.16. The van der Waals surface area contributed by atoms with Crippen LogP contribution in [0.5, 0.6) is 0 Å². The molecule has 0 radical (unpaired) electrons. The minimum atomic E-state index is -0.832. The Labute approximate surface area is 116 Å². The molecule has 4 rings (SSSR count). The van der Waals surface area contributed by atoms with E-state index < -0.39 is 11.7 Å². The zero-order chi connectivity index (χ0) is 13.5. The highest BCUT2D eigenvalue weighted by molar-refractivity contribution is 5.27. The van der Waals surface area contributed by atoms with Gasteiger partial charge in [0.05, 0.1) is 6.10 Å². The molecule has 1 heterocycles. The molecule has 3 saturated carbocycles. The number of hydrogen-bond donors (Lipinski definition) is 2. The number of hydrogen-bond acceptors (Lipinski definition) is 3. The molecule has 1 aliphatic heterocycles. The minimum absolute atomic E-state index is 0.202. The van der Waals surface area contributed by atoms with Gasteiger partial charge < -0.3 is 10.2 Å². The van der Waals surface area contributed by atoms with Crippen molar-refractivity contribution in [3.05, 3.63) is 0 Å². The molecule has 5 bridgehead atoms. The normalized spacial score (nSPS) is 60.3. The SMILES string of the molecule is CCN1C[C@]2(C)CCC[C@]34CCC[C@](O)(C13)[C@H](O)[C@H]24. The van der Waals surface area contributed by atoms with Crippen LogP contribution in [-0.2, 0) is 0 Å². The topological polar surface area (TPSA) is 43.7 Å². The van der Waals surface area contributed by atoms with Crippen LogP contribution in [-0.4, -0.2) is 45.9 Å². The molecule has 3 heteroatoms. The minimum Gasteiger partial charge on any atom is -0.390 e. The number of nitrogens with zero attached hydrogens (tertiary/aromatic N) is 1. The van der Waals surface area contributed by atoms with Gasteiger partial charge in [-0.1, -0.05) is 20.3 Å². The maximum atomic E-state index is 11.2. The van der Waals surface area contributed by atoms with Crippen molar-refractivity contribution in [2.75, 3.05) is 13.1 Å². The molecule has 1 unspecified atom stereocenters. The third-order valence-electron chi connectivity index (χ3n) is 7.16. The maximum absolute atomic E-state index is 11.2. The number of likely N-dealkylation sites (N-methyl/N-ethyl adjacent to an activating group) is 1. The first kappa shape index (κ1) is 12.6. The van der Waals surface area contributed by atoms with Gasteiger partial charge in [-0.15, -0.1) is 0 Å². The lowest BCUT2D eigenvalue weighted by Crippen LogP contribution is -2.66. The number of aliphatic hydroxyl groups excluding tert-OH is 1. The van der Waals surface area contributed by atoms with Crippen molar-refractivity contribution in [3.63, 3.8) is 0 Å². The monoisotopic (exact) mass is 265 g/mol. The Morgan fingerprint density at radius 2 is 1.84 bits per heavy atom. The first-order valence-corrected chi connectivity index (χ1v) is 8.12. The molecule has 4 fully saturated rings. The Hall–Kier alpha value is -0.120. The summed E-state index contributed by atoms with van der Waals surface area (Å²) in [7, 11) is 0. The van der Waals surface area contributed by atoms with Crippen molar-refractivity contribution in [2.24, 2.45) is 16.7 Å². The van der Waals surface area contributed by atoms with E-state index in [-0.39, 0.29) is 16.9 Å². The third kappa shape index (κ3) is 1.22. The fourth-order valence-electron chi connectivity index (χ4n) is 6.89. The summed E-state index contributed by atoms with van der Waals surface area (Å²) in [6, 6.07) is 0.215. The van der Waals surface area contributed by atoms with E-state index in [4.69, 9.17) is 0 Å². The molecule has 0 amide bonds. The smallest absolute Gasteiger partial charge is 0.107 e. The van der Waals surface area contributed by atoms with Crippen LogP contribution in [0.15, 0.2) is 0 Å². The lowest BCUT2D eigenvalue weighted by molar-refractivity contribution is -0.155. The highest BCUT2D eigenvalue weighted by Gasteiger charge is 2.76. The average molecular weight is 265 g/mol. The number of likely N-dealkylation sites (tertiary alicyclic amines) is 1. The van der Waals surface area contributed by atoms with Gasteiger partial charge in [0.1, 0.15) is 5.60 Å². The zero-order valence-corrected chi connectivity index (χ0v) is 12.2. The van der Waals surface area contributed by atoms with Crippen molar-refractivity contribution in [1.82, 2.24) is 4.90 Å². The summed E-state index contributed by atoms with van der Waals surface area (Å²) in [4.78, 5) is 2.50. The van der Waals surface area contributed by atoms with E-state index in [1.807, 2.05) is 0 Å². The average Bonchev–Trinajstić information content (AvgIpc) is 2.44. The molecule has 6 atom stereocenters. The van der Waals surface area contributed by atoms with Crippen molar-refractivity contribution in [3.8, 4) is 0 Å². The van der Waals surface area contributed by atoms with Gasteiger partial charge in [-0.3, -0.25) is 4.90 Å². The molecule has 108 valence electrons. The Bertz CT molecular complexity index is 408. The van der Waals surface area contributed by atoms with Crippen molar-refractivity contribution in [1.29, 1.82) is 0 Å². The molecule has 4 aliphatic rings. The van der Waals surface area contributed by atoms with Crippen LogP contribution >= 0.6 is 0 Å². The highest BCUT2D eigenvalue weighted by Crippen LogP contribution is 2.71. The molecule has 0 aromatic heterocycles. The summed E-state index contributed by atoms with van der Waals surface area (Å²) in [5, 5.41) is 22.2. The fourth-order valence-corrected chi connectivity index (χ4v) is 6.89. The summed E-state index contributed by atoms with van der Waals surface area (Å²) >= 11 is 0. The Morgan fingerprint density at radius 3 is 2.53 bits per heavy atom. The molecule has 19 heavy (non-hydrogen) atoms. The Morgan fingerprint density at radius 1 is 1.16 bits per heavy atom. The predicted octanol–water partition coefficient (Wildman–Crippen LogP) is 1.77. The van der Waals surface area contributed by atoms with Crippen LogP contribution < -0.4 is 0 Å². The van der Waals surface area contributed by atoms with E-state index in [0.717, 1.165) is 25.9 Å². The first-order chi connectivity index (χ1) is 8.98. The van der Waals surface area contributed by atoms with Gasteiger partial charge >= 0.3 is 0 Å². The summed E-state index contributed by atoms with van der Waals surface area (Å²) in [5.74, 6) is 0.328. The molecule has 2 N–H and O–H groups in total. The van der Waals surface area contributed by atoms with Crippen molar-refractivity contribution in [2.45, 2.75) is 70.1 Å². The van der Waals surface area contributed by atoms with E-state index in [2.05, 4.69) is 18.7 Å². The lowest BCUT2D eigenvalue weighted by Gasteiger charge is -2.62. The van der Waals surface area contributed by atoms with Crippen molar-refractivity contribution < 1.29 is 10.2 Å². The second-order valence-electron chi connectivity index (χ2n) is 7.97. The zero-order valence-electron chi connectivity index (χ0n) is 12.2. The van der Waals surface area contributed by atoms with Gasteiger partial charge in [0.2, 0.25) is 0 Å². The Balaban J connectivity index is 1.93. The number of rotatable bonds is 1. The van der Waals surface area contributed by atoms with E-state index in [1.54, 1.807) is 0 Å². The fraction of sp³-hybridized carbons (Fsp3) is 1.00. The van der Waals surface area contributed by atoms with Gasteiger partial charge in [-0.2, -0.15) is 0 Å². The number of aliphatic hydroxyl groups is 2. The van der Waals surface area contributed by atoms with Crippen LogP contribution in [0.4, 0.5) is 0 Å². The van der Waals surface area contributed by atoms with Gasteiger partial charge in [0.15, 0.2) is 0 Å². The van der Waals surface area contributed by atoms with Crippen LogP contribution in [0.2, 0.25) is 0 Å². The maximum Gasteiger partial charge on any atom is 0.107 e. The molecular weight excluding hydrogens is 238 g/mol. The van der Waals surface area contributed by atoms with Crippen molar-refractivity contribution >= 4 is 0 Å². The summed E-state index contributed by atoms with van der Waals surface area (Å²) < 4.78 is 0. The molecule has 3 aliphatic carbocycles. The predicted molar refractivity (Wildman–Crippen MR) is 73.7 cm³/mol. The number of piperidine rings is 1. The van der Waals surface area contributed by atoms with Gasteiger partial charge in [-0.05, 0) is 49.5 Å². The van der Waals surface area contributed by atoms with Crippen LogP contribution in [0.3, 0.4) is 0 Å². The van der Waals surface area contributed by atoms with Gasteiger partial charge in [-0.25, -0.2) is 0 Å². The van der Waals surface area contributed by atoms with Crippen LogP contribution in [0.25, 0.3) is 0 Å². The second kappa shape index (κ2) is 3.55. The van der Waals surface area contributed by atoms with Gasteiger partial charge in [0, 0.05) is 18.5 Å². The van der Waals surface area contributed by atoms with Gasteiger partial charge in [0.25, 0.3) is 0 Å². The molecule has 0 aromatic rings. The van der Waals surface area contributed by atoms with E-state index in [9.17, 15) is 10.2 Å². The van der Waals surface area contributed by atoms with Crippen LogP contribution in [0.1, 0.15) is 52.4 Å². The summed E-state index contributed by atoms with van der Waals surface area (Å²) in [6.07, 6.45) is 6.32. The Kier molecular flexibility index (Phi) is 2.36. The summed E-state index contributed by atoms with van der Waals surface area (Å²) in [5.41, 5.74) is -0.423. The largest absolute Gasteiger partial charge is 0.390 e. The quantitative estimate of drug-likeness (QED) is 0.759. The second-order valence-corrected chi connectivity index (χ2v) is 7.97. The van der Waals surface area contributed by atoms with E-state index in [0.29, 0.717) is 5.92 Å². The highest BCUT2D eigenvalue weighted by atomic mass is 16.3. The standard InChI is InChI=1S/C16H27NO2/c1-3-17-10-14(2)6-4-7-15-8-5-9-16(19,13(15)17)12(18)11(14)15/h11-13,18-19H,3-10H2,1-2H3/t11-,12-,13?,14+,15-,16-/m1/s1. The lowest BCUT2D eigenvalue weighted by atomic mass is 9.50. The molecule has 1 saturated heterocycles. The molecule has 3 nitrogen and oxygen atoms in total. The first-order valence-electron chi connectivity index (χ1n) is 8.12. The summed E-state index contributed by atoms with van der Waals surface area (Å²) in [6.45, 7) is 6.65. The van der Waals surface area contributed by atoms with E-state index in [1.165, 1.54) is 25.7 Å². The molecule has 1 spiro atoms. The molecule has 0 aromatic carbocycles. The van der Waals surface area contributed by atoms with Crippen LogP contribution in [0, 0.1) is 16.7 Å².